The van der Waals surface area contributed by atoms with E-state index in [0.29, 0.717) is 5.88 Å². The van der Waals surface area contributed by atoms with Crippen LogP contribution in [0.3, 0.4) is 0 Å². The summed E-state index contributed by atoms with van der Waals surface area (Å²) in [5.74, 6) is 0.640. The summed E-state index contributed by atoms with van der Waals surface area (Å²) in [6.45, 7) is 2.91. The molecule has 0 spiro atoms. The highest BCUT2D eigenvalue weighted by Crippen LogP contribution is 2.12. The van der Waals surface area contributed by atoms with Crippen molar-refractivity contribution < 1.29 is 4.74 Å². The van der Waals surface area contributed by atoms with Crippen molar-refractivity contribution in [2.45, 2.75) is 19.5 Å². The summed E-state index contributed by atoms with van der Waals surface area (Å²) in [5.41, 5.74) is 2.36. The maximum atomic E-state index is 5.03. The number of nitrogens with zero attached hydrogens (tertiary/aromatic N) is 2. The number of methoxy groups -OCH3 is 1. The molecule has 18 heavy (non-hydrogen) atoms. The summed E-state index contributed by atoms with van der Waals surface area (Å²) in [4.78, 5) is 8.19. The van der Waals surface area contributed by atoms with Gasteiger partial charge in [0.05, 0.1) is 7.11 Å². The lowest BCUT2D eigenvalue weighted by Gasteiger charge is -2.13. The maximum absolute atomic E-state index is 5.03. The molecule has 0 aromatic carbocycles. The Balaban J connectivity index is 1.91. The third-order valence-corrected chi connectivity index (χ3v) is 2.83. The van der Waals surface area contributed by atoms with E-state index in [9.17, 15) is 0 Å². The number of nitrogens with one attached hydrogen (secondary N) is 1. The molecule has 1 atom stereocenters. The van der Waals surface area contributed by atoms with E-state index in [-0.39, 0.29) is 6.04 Å². The van der Waals surface area contributed by atoms with E-state index in [4.69, 9.17) is 4.74 Å². The molecule has 0 aliphatic rings. The fraction of sp³-hybridized carbons (Fsp3) is 0.286. The van der Waals surface area contributed by atoms with Crippen LogP contribution in [0.5, 0.6) is 5.88 Å². The van der Waals surface area contributed by atoms with Gasteiger partial charge in [-0.05, 0) is 30.2 Å². The first-order valence-corrected chi connectivity index (χ1v) is 5.92. The first kappa shape index (κ1) is 12.5. The van der Waals surface area contributed by atoms with Crippen molar-refractivity contribution in [2.75, 3.05) is 7.11 Å². The predicted octanol–water partition coefficient (Wildman–Crippen LogP) is 2.34. The zero-order valence-corrected chi connectivity index (χ0v) is 10.6. The summed E-state index contributed by atoms with van der Waals surface area (Å²) >= 11 is 0. The van der Waals surface area contributed by atoms with Crippen LogP contribution < -0.4 is 10.1 Å². The second-order valence-electron chi connectivity index (χ2n) is 4.09. The molecule has 0 aliphatic heterocycles. The van der Waals surface area contributed by atoms with Gasteiger partial charge in [-0.1, -0.05) is 6.07 Å². The highest BCUT2D eigenvalue weighted by molar-refractivity contribution is 5.18. The zero-order chi connectivity index (χ0) is 12.8. The van der Waals surface area contributed by atoms with Crippen LogP contribution in [0.2, 0.25) is 0 Å². The lowest BCUT2D eigenvalue weighted by Crippen LogP contribution is -2.18. The summed E-state index contributed by atoms with van der Waals surface area (Å²) in [7, 11) is 1.62. The minimum atomic E-state index is 0.287. The van der Waals surface area contributed by atoms with Gasteiger partial charge in [0.1, 0.15) is 0 Å². The number of aromatic nitrogens is 2. The molecule has 4 heteroatoms. The molecule has 0 bridgehead atoms. The van der Waals surface area contributed by atoms with Crippen molar-refractivity contribution in [1.29, 1.82) is 0 Å². The van der Waals surface area contributed by atoms with Crippen LogP contribution in [0.25, 0.3) is 0 Å². The number of pyridine rings is 2. The SMILES string of the molecule is COc1ccc(CN[C@@H](C)c2ccncc2)cn1. The topological polar surface area (TPSA) is 47.0 Å². The van der Waals surface area contributed by atoms with Crippen molar-refractivity contribution in [3.05, 3.63) is 54.0 Å². The molecule has 0 amide bonds. The smallest absolute Gasteiger partial charge is 0.212 e. The number of hydrogen-bond acceptors (Lipinski definition) is 4. The lowest BCUT2D eigenvalue weighted by atomic mass is 10.1. The molecule has 2 heterocycles. The molecule has 0 aliphatic carbocycles. The Bertz CT molecular complexity index is 470. The highest BCUT2D eigenvalue weighted by atomic mass is 16.5. The Morgan fingerprint density at radius 3 is 2.61 bits per heavy atom. The summed E-state index contributed by atoms with van der Waals surface area (Å²) in [5, 5.41) is 3.44. The molecule has 0 radical (unpaired) electrons. The maximum Gasteiger partial charge on any atom is 0.212 e. The van der Waals surface area contributed by atoms with Crippen LogP contribution in [-0.2, 0) is 6.54 Å². The molecular formula is C14H17N3O. The van der Waals surface area contributed by atoms with Crippen LogP contribution in [0.4, 0.5) is 0 Å². The van der Waals surface area contributed by atoms with Gasteiger partial charge in [0, 0.05) is 37.2 Å². The number of ether oxygens (including phenoxy) is 1. The minimum Gasteiger partial charge on any atom is -0.481 e. The van der Waals surface area contributed by atoms with Crippen molar-refractivity contribution in [3.63, 3.8) is 0 Å². The van der Waals surface area contributed by atoms with Gasteiger partial charge in [0.15, 0.2) is 0 Å². The summed E-state index contributed by atoms with van der Waals surface area (Å²) in [6, 6.07) is 8.20. The normalized spacial score (nSPS) is 12.1. The first-order chi connectivity index (χ1) is 8.79. The van der Waals surface area contributed by atoms with E-state index in [1.54, 1.807) is 7.11 Å². The van der Waals surface area contributed by atoms with Crippen molar-refractivity contribution in [2.24, 2.45) is 0 Å². The van der Waals surface area contributed by atoms with Gasteiger partial charge in [0.2, 0.25) is 5.88 Å². The fourth-order valence-electron chi connectivity index (χ4n) is 1.68. The van der Waals surface area contributed by atoms with Gasteiger partial charge in [-0.25, -0.2) is 4.98 Å². The summed E-state index contributed by atoms with van der Waals surface area (Å²) in [6.07, 6.45) is 5.44. The van der Waals surface area contributed by atoms with Crippen molar-refractivity contribution in [1.82, 2.24) is 15.3 Å². The van der Waals surface area contributed by atoms with E-state index in [1.165, 1.54) is 5.56 Å². The minimum absolute atomic E-state index is 0.287. The van der Waals surface area contributed by atoms with Crippen molar-refractivity contribution in [3.8, 4) is 5.88 Å². The second kappa shape index (κ2) is 6.12. The van der Waals surface area contributed by atoms with Crippen LogP contribution >= 0.6 is 0 Å². The quantitative estimate of drug-likeness (QED) is 0.875. The average molecular weight is 243 g/mol. The number of rotatable bonds is 5. The molecule has 94 valence electrons. The molecule has 1 N–H and O–H groups in total. The van der Waals surface area contributed by atoms with E-state index in [0.717, 1.165) is 12.1 Å². The van der Waals surface area contributed by atoms with Crippen LogP contribution in [-0.4, -0.2) is 17.1 Å². The highest BCUT2D eigenvalue weighted by Gasteiger charge is 2.04. The van der Waals surface area contributed by atoms with E-state index < -0.39 is 0 Å². The molecule has 4 nitrogen and oxygen atoms in total. The largest absolute Gasteiger partial charge is 0.481 e. The van der Waals surface area contributed by atoms with Crippen LogP contribution in [0, 0.1) is 0 Å². The molecule has 2 aromatic heterocycles. The van der Waals surface area contributed by atoms with E-state index in [2.05, 4.69) is 22.2 Å². The molecule has 0 saturated heterocycles. The van der Waals surface area contributed by atoms with E-state index >= 15 is 0 Å². The Kier molecular flexibility index (Phi) is 4.25. The predicted molar refractivity (Wildman–Crippen MR) is 70.3 cm³/mol. The first-order valence-electron chi connectivity index (χ1n) is 5.92. The Labute approximate surface area is 107 Å². The lowest BCUT2D eigenvalue weighted by molar-refractivity contribution is 0.397. The third kappa shape index (κ3) is 3.28. The Morgan fingerprint density at radius 1 is 1.22 bits per heavy atom. The van der Waals surface area contributed by atoms with Gasteiger partial charge in [-0.2, -0.15) is 0 Å². The van der Waals surface area contributed by atoms with Gasteiger partial charge < -0.3 is 10.1 Å². The molecule has 0 fully saturated rings. The van der Waals surface area contributed by atoms with Gasteiger partial charge in [0.25, 0.3) is 0 Å². The number of hydrogen-bond donors (Lipinski definition) is 1. The second-order valence-corrected chi connectivity index (χ2v) is 4.09. The monoisotopic (exact) mass is 243 g/mol. The van der Waals surface area contributed by atoms with Crippen LogP contribution in [0.15, 0.2) is 42.9 Å². The fourth-order valence-corrected chi connectivity index (χ4v) is 1.68. The van der Waals surface area contributed by atoms with Gasteiger partial charge >= 0.3 is 0 Å². The Hall–Kier alpha value is -1.94. The summed E-state index contributed by atoms with van der Waals surface area (Å²) < 4.78 is 5.03. The average Bonchev–Trinajstić information content (AvgIpc) is 2.46. The van der Waals surface area contributed by atoms with E-state index in [1.807, 2.05) is 42.9 Å². The standard InChI is InChI=1S/C14H17N3O/c1-11(13-5-7-15-8-6-13)16-9-12-3-4-14(18-2)17-10-12/h3-8,10-11,16H,9H2,1-2H3/t11-/m0/s1. The third-order valence-electron chi connectivity index (χ3n) is 2.83. The molecule has 0 unspecified atom stereocenters. The zero-order valence-electron chi connectivity index (χ0n) is 10.6. The van der Waals surface area contributed by atoms with Crippen LogP contribution in [0.1, 0.15) is 24.1 Å². The molecule has 2 rings (SSSR count). The molecule has 0 saturated carbocycles. The molecular weight excluding hydrogens is 226 g/mol. The van der Waals surface area contributed by atoms with Gasteiger partial charge in [-0.3, -0.25) is 4.98 Å². The Morgan fingerprint density at radius 2 is 2.00 bits per heavy atom. The molecule has 2 aromatic rings. The van der Waals surface area contributed by atoms with Crippen molar-refractivity contribution >= 4 is 0 Å². The van der Waals surface area contributed by atoms with Gasteiger partial charge in [-0.15, -0.1) is 0 Å².